The SMILES string of the molecule is CC[C@@H](NCc1ccc(C)c(F)c1)C(=O)Nc1cc(C)on1. The molecular weight excluding hydrogens is 285 g/mol. The molecule has 1 heterocycles. The van der Waals surface area contributed by atoms with Gasteiger partial charge in [-0.15, -0.1) is 0 Å². The van der Waals surface area contributed by atoms with Gasteiger partial charge >= 0.3 is 0 Å². The van der Waals surface area contributed by atoms with Gasteiger partial charge in [-0.2, -0.15) is 0 Å². The highest BCUT2D eigenvalue weighted by Crippen LogP contribution is 2.11. The first-order valence-corrected chi connectivity index (χ1v) is 7.22. The minimum atomic E-state index is -0.388. The maximum Gasteiger partial charge on any atom is 0.242 e. The number of halogens is 1. The molecule has 0 saturated heterocycles. The number of carbonyl (C=O) groups excluding carboxylic acids is 1. The molecule has 1 aromatic carbocycles. The van der Waals surface area contributed by atoms with E-state index in [1.807, 2.05) is 13.0 Å². The van der Waals surface area contributed by atoms with E-state index in [9.17, 15) is 9.18 Å². The van der Waals surface area contributed by atoms with Crippen molar-refractivity contribution in [2.24, 2.45) is 0 Å². The van der Waals surface area contributed by atoms with Crippen molar-refractivity contribution >= 4 is 11.7 Å². The smallest absolute Gasteiger partial charge is 0.242 e. The molecule has 0 saturated carbocycles. The first-order valence-electron chi connectivity index (χ1n) is 7.22. The third-order valence-corrected chi connectivity index (χ3v) is 3.39. The predicted octanol–water partition coefficient (Wildman–Crippen LogP) is 2.94. The second-order valence-electron chi connectivity index (χ2n) is 5.24. The first kappa shape index (κ1) is 16.2. The van der Waals surface area contributed by atoms with Crippen LogP contribution in [-0.4, -0.2) is 17.1 Å². The van der Waals surface area contributed by atoms with E-state index in [1.165, 1.54) is 6.07 Å². The second kappa shape index (κ2) is 7.17. The normalized spacial score (nSPS) is 12.2. The highest BCUT2D eigenvalue weighted by molar-refractivity contribution is 5.93. The number of hydrogen-bond acceptors (Lipinski definition) is 4. The molecule has 1 aromatic heterocycles. The van der Waals surface area contributed by atoms with Gasteiger partial charge in [0.05, 0.1) is 6.04 Å². The van der Waals surface area contributed by atoms with Gasteiger partial charge in [0.2, 0.25) is 5.91 Å². The summed E-state index contributed by atoms with van der Waals surface area (Å²) in [5.41, 5.74) is 1.40. The molecule has 2 N–H and O–H groups in total. The molecule has 1 atom stereocenters. The molecule has 0 bridgehead atoms. The Bertz CT molecular complexity index is 655. The van der Waals surface area contributed by atoms with Crippen LogP contribution >= 0.6 is 0 Å². The number of nitrogens with zero attached hydrogens (tertiary/aromatic N) is 1. The van der Waals surface area contributed by atoms with E-state index in [4.69, 9.17) is 4.52 Å². The van der Waals surface area contributed by atoms with Gasteiger partial charge in [0.1, 0.15) is 11.6 Å². The average molecular weight is 305 g/mol. The maximum absolute atomic E-state index is 13.5. The number of nitrogens with one attached hydrogen (secondary N) is 2. The fraction of sp³-hybridized carbons (Fsp3) is 0.375. The zero-order chi connectivity index (χ0) is 16.1. The topological polar surface area (TPSA) is 67.2 Å². The van der Waals surface area contributed by atoms with E-state index < -0.39 is 0 Å². The van der Waals surface area contributed by atoms with Crippen molar-refractivity contribution in [2.75, 3.05) is 5.32 Å². The summed E-state index contributed by atoms with van der Waals surface area (Å²) in [6.45, 7) is 5.79. The number of aryl methyl sites for hydroxylation is 2. The van der Waals surface area contributed by atoms with Crippen LogP contribution in [0.2, 0.25) is 0 Å². The summed E-state index contributed by atoms with van der Waals surface area (Å²) in [6.07, 6.45) is 0.608. The summed E-state index contributed by atoms with van der Waals surface area (Å²) < 4.78 is 18.4. The van der Waals surface area contributed by atoms with E-state index in [-0.39, 0.29) is 17.8 Å². The molecule has 0 spiro atoms. The summed E-state index contributed by atoms with van der Waals surface area (Å²) in [6, 6.07) is 6.32. The second-order valence-corrected chi connectivity index (χ2v) is 5.24. The van der Waals surface area contributed by atoms with Gasteiger partial charge in [-0.1, -0.05) is 24.2 Å². The van der Waals surface area contributed by atoms with Gasteiger partial charge in [-0.3, -0.25) is 4.79 Å². The van der Waals surface area contributed by atoms with Gasteiger partial charge in [-0.05, 0) is 37.5 Å². The molecule has 5 nitrogen and oxygen atoms in total. The van der Waals surface area contributed by atoms with Gasteiger partial charge in [0, 0.05) is 12.6 Å². The summed E-state index contributed by atoms with van der Waals surface area (Å²) >= 11 is 0. The molecule has 2 rings (SSSR count). The lowest BCUT2D eigenvalue weighted by atomic mass is 10.1. The first-order chi connectivity index (χ1) is 10.5. The van der Waals surface area contributed by atoms with Gasteiger partial charge < -0.3 is 15.2 Å². The van der Waals surface area contributed by atoms with E-state index >= 15 is 0 Å². The van der Waals surface area contributed by atoms with Crippen molar-refractivity contribution in [1.29, 1.82) is 0 Å². The van der Waals surface area contributed by atoms with Crippen LogP contribution in [0.15, 0.2) is 28.8 Å². The Balaban J connectivity index is 1.93. The number of benzene rings is 1. The van der Waals surface area contributed by atoms with E-state index in [0.29, 0.717) is 30.1 Å². The lowest BCUT2D eigenvalue weighted by Gasteiger charge is -2.16. The number of hydrogen-bond donors (Lipinski definition) is 2. The van der Waals surface area contributed by atoms with Crippen molar-refractivity contribution < 1.29 is 13.7 Å². The number of anilines is 1. The van der Waals surface area contributed by atoms with E-state index in [2.05, 4.69) is 15.8 Å². The van der Waals surface area contributed by atoms with Crippen LogP contribution < -0.4 is 10.6 Å². The predicted molar refractivity (Wildman–Crippen MR) is 81.9 cm³/mol. The van der Waals surface area contributed by atoms with Crippen molar-refractivity contribution in [3.8, 4) is 0 Å². The Hall–Kier alpha value is -2.21. The Morgan fingerprint density at radius 2 is 2.14 bits per heavy atom. The van der Waals surface area contributed by atoms with Crippen LogP contribution in [0.1, 0.15) is 30.2 Å². The number of amides is 1. The number of carbonyl (C=O) groups is 1. The molecule has 1 amide bonds. The van der Waals surface area contributed by atoms with Crippen LogP contribution in [-0.2, 0) is 11.3 Å². The summed E-state index contributed by atoms with van der Waals surface area (Å²) in [4.78, 5) is 12.2. The summed E-state index contributed by atoms with van der Waals surface area (Å²) in [5.74, 6) is 0.592. The molecule has 118 valence electrons. The zero-order valence-corrected chi connectivity index (χ0v) is 12.9. The highest BCUT2D eigenvalue weighted by Gasteiger charge is 2.17. The Labute approximate surface area is 128 Å². The molecule has 22 heavy (non-hydrogen) atoms. The third-order valence-electron chi connectivity index (χ3n) is 3.39. The van der Waals surface area contributed by atoms with Crippen LogP contribution in [0, 0.1) is 19.7 Å². The lowest BCUT2D eigenvalue weighted by Crippen LogP contribution is -2.39. The molecule has 6 heteroatoms. The highest BCUT2D eigenvalue weighted by atomic mass is 19.1. The molecule has 0 fully saturated rings. The largest absolute Gasteiger partial charge is 0.360 e. The monoisotopic (exact) mass is 305 g/mol. The molecule has 2 aromatic rings. The average Bonchev–Trinajstić information content (AvgIpc) is 2.88. The van der Waals surface area contributed by atoms with E-state index in [0.717, 1.165) is 5.56 Å². The minimum Gasteiger partial charge on any atom is -0.360 e. The summed E-state index contributed by atoms with van der Waals surface area (Å²) in [5, 5.41) is 9.54. The van der Waals surface area contributed by atoms with Crippen LogP contribution in [0.3, 0.4) is 0 Å². The lowest BCUT2D eigenvalue weighted by molar-refractivity contribution is -0.118. The van der Waals surface area contributed by atoms with Crippen LogP contribution in [0.25, 0.3) is 0 Å². The third kappa shape index (κ3) is 4.14. The molecule has 0 aliphatic carbocycles. The molecule has 0 unspecified atom stereocenters. The molecule has 0 aliphatic rings. The van der Waals surface area contributed by atoms with Crippen LogP contribution in [0.5, 0.6) is 0 Å². The molecule has 0 radical (unpaired) electrons. The van der Waals surface area contributed by atoms with Gasteiger partial charge in [0.25, 0.3) is 0 Å². The fourth-order valence-electron chi connectivity index (χ4n) is 2.05. The van der Waals surface area contributed by atoms with Crippen molar-refractivity contribution in [3.63, 3.8) is 0 Å². The number of aromatic nitrogens is 1. The van der Waals surface area contributed by atoms with Crippen molar-refractivity contribution in [3.05, 3.63) is 47.0 Å². The minimum absolute atomic E-state index is 0.191. The molecule has 0 aliphatic heterocycles. The Morgan fingerprint density at radius 1 is 1.36 bits per heavy atom. The quantitative estimate of drug-likeness (QED) is 0.861. The van der Waals surface area contributed by atoms with Gasteiger partial charge in [0.15, 0.2) is 5.82 Å². The standard InChI is InChI=1S/C16H20FN3O2/c1-4-14(16(21)19-15-7-11(3)22-20-15)18-9-12-6-5-10(2)13(17)8-12/h5-8,14,18H,4,9H2,1-3H3,(H,19,20,21)/t14-/m1/s1. The van der Waals surface area contributed by atoms with E-state index in [1.54, 1.807) is 26.0 Å². The maximum atomic E-state index is 13.5. The van der Waals surface area contributed by atoms with Gasteiger partial charge in [-0.25, -0.2) is 4.39 Å². The Morgan fingerprint density at radius 3 is 2.73 bits per heavy atom. The molecular formula is C16H20FN3O2. The number of rotatable bonds is 6. The summed E-state index contributed by atoms with van der Waals surface area (Å²) in [7, 11) is 0. The Kier molecular flexibility index (Phi) is 5.27. The zero-order valence-electron chi connectivity index (χ0n) is 12.9. The fourth-order valence-corrected chi connectivity index (χ4v) is 2.05. The van der Waals surface area contributed by atoms with Crippen LogP contribution in [0.4, 0.5) is 10.2 Å². The van der Waals surface area contributed by atoms with Crippen molar-refractivity contribution in [2.45, 2.75) is 39.8 Å². The van der Waals surface area contributed by atoms with Crippen molar-refractivity contribution in [1.82, 2.24) is 10.5 Å².